The van der Waals surface area contributed by atoms with Gasteiger partial charge in [-0.15, -0.1) is 0 Å². The highest BCUT2D eigenvalue weighted by Crippen LogP contribution is 2.40. The minimum Gasteiger partial charge on any atom is -0.493 e. The van der Waals surface area contributed by atoms with E-state index in [1.807, 2.05) is 48.4 Å². The van der Waals surface area contributed by atoms with Crippen LogP contribution in [0.15, 0.2) is 60.5 Å². The fourth-order valence-corrected chi connectivity index (χ4v) is 3.30. The third-order valence-electron chi connectivity index (χ3n) is 4.81. The molecule has 8 heteroatoms. The van der Waals surface area contributed by atoms with E-state index in [4.69, 9.17) is 19.0 Å². The molecule has 1 aliphatic rings. The molecular weight excluding hydrogens is 396 g/mol. The molecule has 4 rings (SSSR count). The smallest absolute Gasteiger partial charge is 0.227 e. The summed E-state index contributed by atoms with van der Waals surface area (Å²) >= 11 is 0. The van der Waals surface area contributed by atoms with E-state index in [1.54, 1.807) is 39.7 Å². The van der Waals surface area contributed by atoms with Crippen molar-refractivity contribution in [3.63, 3.8) is 0 Å². The Morgan fingerprint density at radius 1 is 1.00 bits per heavy atom. The first-order valence-electron chi connectivity index (χ1n) is 9.74. The molecule has 0 atom stereocenters. The Morgan fingerprint density at radius 3 is 2.42 bits per heavy atom. The standard InChI is InChI=1S/C23H24N4O4/c1-15-9-11-27(31-15)18-7-5-6-16(12-18)19-8-10-24-23(26-19)25-17-13-20(28-2)22(30-4)21(14-17)29-3/h5-10,12-14H,11H2,1-4H3,(H,24,25,26). The lowest BCUT2D eigenvalue weighted by atomic mass is 10.1. The molecule has 2 heterocycles. The molecule has 0 saturated heterocycles. The number of nitrogens with zero attached hydrogens (tertiary/aromatic N) is 3. The van der Waals surface area contributed by atoms with Gasteiger partial charge in [0, 0.05) is 29.6 Å². The van der Waals surface area contributed by atoms with Gasteiger partial charge < -0.3 is 24.4 Å². The van der Waals surface area contributed by atoms with Crippen LogP contribution in [0.2, 0.25) is 0 Å². The summed E-state index contributed by atoms with van der Waals surface area (Å²) in [6.45, 7) is 2.66. The van der Waals surface area contributed by atoms with Crippen molar-refractivity contribution in [2.24, 2.45) is 0 Å². The number of hydroxylamine groups is 1. The summed E-state index contributed by atoms with van der Waals surface area (Å²) in [6, 6.07) is 13.5. The lowest BCUT2D eigenvalue weighted by molar-refractivity contribution is 0.214. The second-order valence-electron chi connectivity index (χ2n) is 6.82. The van der Waals surface area contributed by atoms with Gasteiger partial charge in [-0.3, -0.25) is 0 Å². The predicted molar refractivity (Wildman–Crippen MR) is 119 cm³/mol. The van der Waals surface area contributed by atoms with E-state index in [-0.39, 0.29) is 0 Å². The van der Waals surface area contributed by atoms with Crippen LogP contribution in [0.25, 0.3) is 11.3 Å². The normalized spacial score (nSPS) is 12.8. The van der Waals surface area contributed by atoms with E-state index in [9.17, 15) is 0 Å². The molecule has 0 spiro atoms. The summed E-state index contributed by atoms with van der Waals surface area (Å²) in [5.41, 5.74) is 3.42. The zero-order valence-corrected chi connectivity index (χ0v) is 17.9. The van der Waals surface area contributed by atoms with Gasteiger partial charge in [-0.2, -0.15) is 0 Å². The van der Waals surface area contributed by atoms with Gasteiger partial charge in [-0.25, -0.2) is 15.0 Å². The van der Waals surface area contributed by atoms with Crippen LogP contribution in [0.4, 0.5) is 17.3 Å². The second-order valence-corrected chi connectivity index (χ2v) is 6.82. The Bertz CT molecular complexity index is 1090. The number of rotatable bonds is 7. The van der Waals surface area contributed by atoms with Crippen molar-refractivity contribution in [3.05, 3.63) is 60.5 Å². The predicted octanol–water partition coefficient (Wildman–Crippen LogP) is 4.57. The average Bonchev–Trinajstić information content (AvgIpc) is 3.25. The Labute approximate surface area is 181 Å². The van der Waals surface area contributed by atoms with Gasteiger partial charge in [0.1, 0.15) is 5.76 Å². The molecule has 0 bridgehead atoms. The van der Waals surface area contributed by atoms with Gasteiger partial charge in [-0.05, 0) is 31.2 Å². The van der Waals surface area contributed by atoms with Crippen LogP contribution in [0.3, 0.4) is 0 Å². The van der Waals surface area contributed by atoms with E-state index < -0.39 is 0 Å². The maximum atomic E-state index is 5.72. The topological polar surface area (TPSA) is 78.0 Å². The Kier molecular flexibility index (Phi) is 5.79. The monoisotopic (exact) mass is 420 g/mol. The van der Waals surface area contributed by atoms with E-state index in [0.717, 1.165) is 22.7 Å². The van der Waals surface area contributed by atoms with Crippen LogP contribution < -0.4 is 24.6 Å². The van der Waals surface area contributed by atoms with Crippen LogP contribution in [0.1, 0.15) is 6.92 Å². The molecule has 1 aromatic heterocycles. The van der Waals surface area contributed by atoms with Gasteiger partial charge in [0.2, 0.25) is 11.7 Å². The highest BCUT2D eigenvalue weighted by molar-refractivity contribution is 5.69. The third-order valence-corrected chi connectivity index (χ3v) is 4.81. The van der Waals surface area contributed by atoms with Crippen molar-refractivity contribution >= 4 is 17.3 Å². The summed E-state index contributed by atoms with van der Waals surface area (Å²) in [4.78, 5) is 14.7. The summed E-state index contributed by atoms with van der Waals surface area (Å²) in [6.07, 6.45) is 3.75. The average molecular weight is 420 g/mol. The molecule has 160 valence electrons. The molecule has 0 amide bonds. The van der Waals surface area contributed by atoms with Crippen LogP contribution in [0.5, 0.6) is 17.2 Å². The van der Waals surface area contributed by atoms with E-state index >= 15 is 0 Å². The largest absolute Gasteiger partial charge is 0.493 e. The molecule has 0 saturated carbocycles. The number of anilines is 3. The van der Waals surface area contributed by atoms with Crippen LogP contribution in [0, 0.1) is 0 Å². The first-order chi connectivity index (χ1) is 15.1. The highest BCUT2D eigenvalue weighted by atomic mass is 16.7. The zero-order valence-electron chi connectivity index (χ0n) is 17.9. The summed E-state index contributed by atoms with van der Waals surface area (Å²) in [7, 11) is 4.72. The SMILES string of the molecule is COc1cc(Nc2nccc(-c3cccc(N4CC=C(C)O4)c3)n2)cc(OC)c1OC. The molecule has 0 unspecified atom stereocenters. The van der Waals surface area contributed by atoms with Gasteiger partial charge >= 0.3 is 0 Å². The Morgan fingerprint density at radius 2 is 1.77 bits per heavy atom. The number of ether oxygens (including phenoxy) is 3. The number of hydrogen-bond donors (Lipinski definition) is 1. The molecule has 0 fully saturated rings. The van der Waals surface area contributed by atoms with Crippen LogP contribution in [-0.4, -0.2) is 37.8 Å². The molecular formula is C23H24N4O4. The molecule has 1 aliphatic heterocycles. The Balaban J connectivity index is 1.60. The molecule has 3 aromatic rings. The fraction of sp³-hybridized carbons (Fsp3) is 0.217. The molecule has 0 radical (unpaired) electrons. The third kappa shape index (κ3) is 4.32. The van der Waals surface area contributed by atoms with Crippen molar-refractivity contribution in [2.75, 3.05) is 38.3 Å². The van der Waals surface area contributed by atoms with Gasteiger partial charge in [0.15, 0.2) is 11.5 Å². The van der Waals surface area contributed by atoms with Crippen molar-refractivity contribution in [1.29, 1.82) is 0 Å². The number of benzene rings is 2. The maximum absolute atomic E-state index is 5.72. The minimum absolute atomic E-state index is 0.451. The first kappa shape index (κ1) is 20.3. The van der Waals surface area contributed by atoms with E-state index in [1.165, 1.54) is 0 Å². The van der Waals surface area contributed by atoms with Crippen molar-refractivity contribution in [1.82, 2.24) is 9.97 Å². The number of nitrogens with one attached hydrogen (secondary N) is 1. The lowest BCUT2D eigenvalue weighted by Gasteiger charge is -2.18. The molecule has 2 aromatic carbocycles. The van der Waals surface area contributed by atoms with Gasteiger partial charge in [-0.1, -0.05) is 12.1 Å². The second kappa shape index (κ2) is 8.83. The molecule has 31 heavy (non-hydrogen) atoms. The van der Waals surface area contributed by atoms with Crippen molar-refractivity contribution in [3.8, 4) is 28.5 Å². The Hall–Kier alpha value is -3.94. The van der Waals surface area contributed by atoms with E-state index in [2.05, 4.69) is 15.3 Å². The zero-order chi connectivity index (χ0) is 21.8. The molecule has 1 N–H and O–H groups in total. The summed E-state index contributed by atoms with van der Waals surface area (Å²) < 4.78 is 16.2. The quantitative estimate of drug-likeness (QED) is 0.596. The fourth-order valence-electron chi connectivity index (χ4n) is 3.30. The lowest BCUT2D eigenvalue weighted by Crippen LogP contribution is -2.17. The molecule has 8 nitrogen and oxygen atoms in total. The molecule has 0 aliphatic carbocycles. The number of aromatic nitrogens is 2. The first-order valence-corrected chi connectivity index (χ1v) is 9.74. The van der Waals surface area contributed by atoms with Gasteiger partial charge in [0.05, 0.1) is 39.3 Å². The summed E-state index contributed by atoms with van der Waals surface area (Å²) in [5, 5.41) is 5.05. The minimum atomic E-state index is 0.451. The maximum Gasteiger partial charge on any atom is 0.227 e. The highest BCUT2D eigenvalue weighted by Gasteiger charge is 2.16. The van der Waals surface area contributed by atoms with Gasteiger partial charge in [0.25, 0.3) is 0 Å². The van der Waals surface area contributed by atoms with Crippen molar-refractivity contribution in [2.45, 2.75) is 6.92 Å². The van der Waals surface area contributed by atoms with E-state index in [0.29, 0.717) is 35.4 Å². The number of methoxy groups -OCH3 is 3. The van der Waals surface area contributed by atoms with Crippen LogP contribution in [-0.2, 0) is 4.84 Å². The summed E-state index contributed by atoms with van der Waals surface area (Å²) in [5.74, 6) is 2.96. The van der Waals surface area contributed by atoms with Crippen LogP contribution >= 0.6 is 0 Å². The van der Waals surface area contributed by atoms with Crippen molar-refractivity contribution < 1.29 is 19.0 Å². The number of allylic oxidation sites excluding steroid dienone is 1. The number of hydrogen-bond acceptors (Lipinski definition) is 8.